The number of carbonyl (C=O) groups excluding carboxylic acids is 1. The number of amides is 1. The molecule has 1 aromatic carbocycles. The SMILES string of the molecule is Cc1cc(NC(=O)c2cc3c(s2)CCCCCC3)ccc1-n1cnnn1. The minimum absolute atomic E-state index is 0.0312. The second-order valence-corrected chi connectivity index (χ2v) is 7.82. The number of thiophene rings is 1. The van der Waals surface area contributed by atoms with Crippen molar-refractivity contribution in [2.75, 3.05) is 5.32 Å². The number of nitrogens with zero attached hydrogens (tertiary/aromatic N) is 4. The molecule has 2 aromatic heterocycles. The Kier molecular flexibility index (Phi) is 4.79. The third kappa shape index (κ3) is 3.53. The molecule has 134 valence electrons. The summed E-state index contributed by atoms with van der Waals surface area (Å²) in [5.74, 6) is -0.0312. The van der Waals surface area contributed by atoms with Gasteiger partial charge < -0.3 is 5.32 Å². The van der Waals surface area contributed by atoms with E-state index in [0.29, 0.717) is 0 Å². The smallest absolute Gasteiger partial charge is 0.265 e. The van der Waals surface area contributed by atoms with Gasteiger partial charge in [-0.2, -0.15) is 0 Å². The van der Waals surface area contributed by atoms with Gasteiger partial charge >= 0.3 is 0 Å². The van der Waals surface area contributed by atoms with Gasteiger partial charge in [0.15, 0.2) is 0 Å². The van der Waals surface area contributed by atoms with E-state index in [1.165, 1.54) is 36.1 Å². The molecule has 1 aliphatic rings. The number of tetrazole rings is 1. The van der Waals surface area contributed by atoms with Crippen molar-refractivity contribution >= 4 is 22.9 Å². The molecule has 0 saturated heterocycles. The highest BCUT2D eigenvalue weighted by molar-refractivity contribution is 7.14. The minimum atomic E-state index is -0.0312. The van der Waals surface area contributed by atoms with E-state index in [1.807, 2.05) is 25.1 Å². The van der Waals surface area contributed by atoms with Crippen LogP contribution in [0.3, 0.4) is 0 Å². The molecule has 0 unspecified atom stereocenters. The van der Waals surface area contributed by atoms with E-state index in [9.17, 15) is 4.79 Å². The summed E-state index contributed by atoms with van der Waals surface area (Å²) in [4.78, 5) is 14.9. The molecule has 1 amide bonds. The van der Waals surface area contributed by atoms with Crippen molar-refractivity contribution in [3.05, 3.63) is 51.5 Å². The van der Waals surface area contributed by atoms with Crippen LogP contribution in [-0.4, -0.2) is 26.1 Å². The van der Waals surface area contributed by atoms with Gasteiger partial charge in [0.05, 0.1) is 10.6 Å². The number of carbonyl (C=O) groups is 1. The predicted molar refractivity (Wildman–Crippen MR) is 102 cm³/mol. The molecule has 0 atom stereocenters. The van der Waals surface area contributed by atoms with Crippen molar-refractivity contribution in [2.45, 2.75) is 45.4 Å². The van der Waals surface area contributed by atoms with Crippen molar-refractivity contribution in [2.24, 2.45) is 0 Å². The third-order valence-electron chi connectivity index (χ3n) is 4.77. The lowest BCUT2D eigenvalue weighted by Crippen LogP contribution is -2.10. The van der Waals surface area contributed by atoms with Gasteiger partial charge in [-0.3, -0.25) is 4.79 Å². The van der Waals surface area contributed by atoms with E-state index in [-0.39, 0.29) is 5.91 Å². The summed E-state index contributed by atoms with van der Waals surface area (Å²) in [5.41, 5.74) is 4.04. The monoisotopic (exact) mass is 367 g/mol. The molecule has 0 spiro atoms. The zero-order valence-corrected chi connectivity index (χ0v) is 15.6. The van der Waals surface area contributed by atoms with Crippen LogP contribution in [0.25, 0.3) is 5.69 Å². The molecule has 0 fully saturated rings. The first kappa shape index (κ1) is 16.9. The molecule has 7 heteroatoms. The maximum absolute atomic E-state index is 12.7. The van der Waals surface area contributed by atoms with E-state index in [1.54, 1.807) is 22.3 Å². The Balaban J connectivity index is 1.51. The number of hydrogen-bond donors (Lipinski definition) is 1. The largest absolute Gasteiger partial charge is 0.321 e. The number of aryl methyl sites for hydroxylation is 3. The van der Waals surface area contributed by atoms with Crippen LogP contribution in [0.15, 0.2) is 30.6 Å². The lowest BCUT2D eigenvalue weighted by atomic mass is 10.00. The minimum Gasteiger partial charge on any atom is -0.321 e. The van der Waals surface area contributed by atoms with Crippen molar-refractivity contribution < 1.29 is 4.79 Å². The highest BCUT2D eigenvalue weighted by atomic mass is 32.1. The fourth-order valence-corrected chi connectivity index (χ4v) is 4.56. The van der Waals surface area contributed by atoms with Crippen LogP contribution in [0.4, 0.5) is 5.69 Å². The van der Waals surface area contributed by atoms with Crippen LogP contribution < -0.4 is 5.32 Å². The molecule has 6 nitrogen and oxygen atoms in total. The molecule has 0 radical (unpaired) electrons. The first-order valence-electron chi connectivity index (χ1n) is 8.97. The molecule has 3 aromatic rings. The molecule has 4 rings (SSSR count). The molecular formula is C19H21N5OS. The molecule has 26 heavy (non-hydrogen) atoms. The molecule has 2 heterocycles. The number of anilines is 1. The van der Waals surface area contributed by atoms with Gasteiger partial charge in [0, 0.05) is 10.6 Å². The van der Waals surface area contributed by atoms with Crippen LogP contribution in [0.2, 0.25) is 0 Å². The van der Waals surface area contributed by atoms with Crippen molar-refractivity contribution in [3.63, 3.8) is 0 Å². The van der Waals surface area contributed by atoms with Crippen LogP contribution in [0.5, 0.6) is 0 Å². The zero-order chi connectivity index (χ0) is 17.9. The van der Waals surface area contributed by atoms with E-state index in [0.717, 1.165) is 34.7 Å². The van der Waals surface area contributed by atoms with E-state index >= 15 is 0 Å². The Morgan fingerprint density at radius 1 is 1.15 bits per heavy atom. The van der Waals surface area contributed by atoms with Crippen molar-refractivity contribution in [1.29, 1.82) is 0 Å². The lowest BCUT2D eigenvalue weighted by molar-refractivity contribution is 0.103. The quantitative estimate of drug-likeness (QED) is 0.761. The standard InChI is InChI=1S/C19H21N5OS/c1-13-10-15(8-9-16(13)24-12-20-22-23-24)21-19(25)18-11-14-6-4-2-3-5-7-17(14)26-18/h8-12H,2-7H2,1H3,(H,21,25). The topological polar surface area (TPSA) is 72.7 Å². The summed E-state index contributed by atoms with van der Waals surface area (Å²) in [6.45, 7) is 1.98. The number of fused-ring (bicyclic) bond motifs is 1. The van der Waals surface area contributed by atoms with Gasteiger partial charge in [-0.1, -0.05) is 12.8 Å². The highest BCUT2D eigenvalue weighted by Gasteiger charge is 2.16. The fourth-order valence-electron chi connectivity index (χ4n) is 3.41. The first-order chi connectivity index (χ1) is 12.7. The molecule has 0 aliphatic heterocycles. The normalized spacial score (nSPS) is 14.3. The third-order valence-corrected chi connectivity index (χ3v) is 6.01. The number of hydrogen-bond acceptors (Lipinski definition) is 5. The second-order valence-electron chi connectivity index (χ2n) is 6.68. The fraction of sp³-hybridized carbons (Fsp3) is 0.368. The van der Waals surface area contributed by atoms with Crippen LogP contribution in [0.1, 0.15) is 51.4 Å². The van der Waals surface area contributed by atoms with Crippen LogP contribution >= 0.6 is 11.3 Å². The van der Waals surface area contributed by atoms with Gasteiger partial charge in [-0.15, -0.1) is 16.4 Å². The molecule has 0 bridgehead atoms. The average Bonchev–Trinajstić information content (AvgIpc) is 3.25. The lowest BCUT2D eigenvalue weighted by Gasteiger charge is -2.08. The molecular weight excluding hydrogens is 346 g/mol. The van der Waals surface area contributed by atoms with Crippen LogP contribution in [-0.2, 0) is 12.8 Å². The number of aromatic nitrogens is 4. The Morgan fingerprint density at radius 2 is 2.00 bits per heavy atom. The maximum Gasteiger partial charge on any atom is 0.265 e. The molecule has 0 saturated carbocycles. The number of rotatable bonds is 3. The Bertz CT molecular complexity index is 891. The summed E-state index contributed by atoms with van der Waals surface area (Å²) < 4.78 is 1.61. The molecule has 1 aliphatic carbocycles. The number of nitrogens with one attached hydrogen (secondary N) is 1. The zero-order valence-electron chi connectivity index (χ0n) is 14.7. The second kappa shape index (κ2) is 7.37. The van der Waals surface area contributed by atoms with Crippen LogP contribution in [0, 0.1) is 6.92 Å². The van der Waals surface area contributed by atoms with Crippen molar-refractivity contribution in [1.82, 2.24) is 20.2 Å². The van der Waals surface area contributed by atoms with Gasteiger partial charge in [0.1, 0.15) is 6.33 Å². The molecule has 1 N–H and O–H groups in total. The highest BCUT2D eigenvalue weighted by Crippen LogP contribution is 2.29. The Labute approximate surface area is 156 Å². The predicted octanol–water partition coefficient (Wildman–Crippen LogP) is 3.94. The maximum atomic E-state index is 12.7. The first-order valence-corrected chi connectivity index (χ1v) is 9.79. The Morgan fingerprint density at radius 3 is 2.77 bits per heavy atom. The van der Waals surface area contributed by atoms with Crippen molar-refractivity contribution in [3.8, 4) is 5.69 Å². The van der Waals surface area contributed by atoms with Gasteiger partial charge in [0.2, 0.25) is 0 Å². The van der Waals surface area contributed by atoms with Gasteiger partial charge in [-0.05, 0) is 78.4 Å². The van der Waals surface area contributed by atoms with E-state index < -0.39 is 0 Å². The summed E-state index contributed by atoms with van der Waals surface area (Å²) >= 11 is 1.65. The van der Waals surface area contributed by atoms with E-state index in [4.69, 9.17) is 0 Å². The van der Waals surface area contributed by atoms with E-state index in [2.05, 4.69) is 26.9 Å². The average molecular weight is 367 g/mol. The van der Waals surface area contributed by atoms with Gasteiger partial charge in [0.25, 0.3) is 5.91 Å². The number of benzene rings is 1. The summed E-state index contributed by atoms with van der Waals surface area (Å²) in [5, 5.41) is 14.2. The summed E-state index contributed by atoms with van der Waals surface area (Å²) in [7, 11) is 0. The van der Waals surface area contributed by atoms with Gasteiger partial charge in [-0.25, -0.2) is 4.68 Å². The summed E-state index contributed by atoms with van der Waals surface area (Å²) in [6.07, 6.45) is 8.80. The Hall–Kier alpha value is -2.54. The summed E-state index contributed by atoms with van der Waals surface area (Å²) in [6, 6.07) is 7.82.